The fourth-order valence-corrected chi connectivity index (χ4v) is 0.823. The van der Waals surface area contributed by atoms with Crippen LogP contribution in [0.2, 0.25) is 0 Å². The Labute approximate surface area is 73.1 Å². The van der Waals surface area contributed by atoms with E-state index in [2.05, 4.69) is 9.15 Å². The van der Waals surface area contributed by atoms with Crippen LogP contribution >= 0.6 is 0 Å². The first-order chi connectivity index (χ1) is 6.06. The van der Waals surface area contributed by atoms with Crippen LogP contribution < -0.4 is 21.8 Å². The number of ether oxygens (including phenoxy) is 1. The van der Waals surface area contributed by atoms with E-state index in [4.69, 9.17) is 11.5 Å². The molecule has 1 amide bonds. The fraction of sp³-hybridized carbons (Fsp3) is 0.143. The molecular weight excluding hydrogens is 176 g/mol. The van der Waals surface area contributed by atoms with Gasteiger partial charge in [0, 0.05) is 6.07 Å². The molecule has 6 heteroatoms. The van der Waals surface area contributed by atoms with Crippen molar-refractivity contribution >= 4 is 11.6 Å². The van der Waals surface area contributed by atoms with Gasteiger partial charge >= 0.3 is 5.63 Å². The number of nitrogens with two attached hydrogens (primary N) is 2. The first kappa shape index (κ1) is 9.11. The van der Waals surface area contributed by atoms with E-state index in [1.54, 1.807) is 0 Å². The van der Waals surface area contributed by atoms with Crippen molar-refractivity contribution in [3.05, 3.63) is 22.2 Å². The lowest BCUT2D eigenvalue weighted by Gasteiger charge is -2.02. The molecule has 0 saturated heterocycles. The van der Waals surface area contributed by atoms with Crippen molar-refractivity contribution < 1.29 is 13.9 Å². The monoisotopic (exact) mass is 184 g/mol. The first-order valence-corrected chi connectivity index (χ1v) is 3.33. The van der Waals surface area contributed by atoms with Crippen molar-refractivity contribution in [3.8, 4) is 5.75 Å². The van der Waals surface area contributed by atoms with Crippen LogP contribution in [0, 0.1) is 0 Å². The Morgan fingerprint density at radius 3 is 2.62 bits per heavy atom. The van der Waals surface area contributed by atoms with Crippen molar-refractivity contribution in [1.82, 2.24) is 0 Å². The van der Waals surface area contributed by atoms with Crippen LogP contribution in [0.1, 0.15) is 10.6 Å². The van der Waals surface area contributed by atoms with E-state index in [0.29, 0.717) is 0 Å². The van der Waals surface area contributed by atoms with Crippen LogP contribution in [0.15, 0.2) is 15.3 Å². The van der Waals surface area contributed by atoms with Gasteiger partial charge < -0.3 is 20.6 Å². The van der Waals surface area contributed by atoms with Crippen molar-refractivity contribution in [1.29, 1.82) is 0 Å². The van der Waals surface area contributed by atoms with E-state index < -0.39 is 11.5 Å². The van der Waals surface area contributed by atoms with E-state index >= 15 is 0 Å². The number of carbonyl (C=O) groups is 1. The SMILES string of the molecule is COc1c(N)cc(C(N)=O)oc1=O. The highest BCUT2D eigenvalue weighted by atomic mass is 16.5. The summed E-state index contributed by atoms with van der Waals surface area (Å²) < 4.78 is 9.13. The Morgan fingerprint density at radius 2 is 2.23 bits per heavy atom. The molecule has 4 N–H and O–H groups in total. The highest BCUT2D eigenvalue weighted by Crippen LogP contribution is 2.16. The largest absolute Gasteiger partial charge is 0.488 e. The molecule has 0 aromatic carbocycles. The molecule has 0 aliphatic rings. The van der Waals surface area contributed by atoms with Crippen molar-refractivity contribution in [2.24, 2.45) is 5.73 Å². The lowest BCUT2D eigenvalue weighted by Crippen LogP contribution is -2.16. The maximum absolute atomic E-state index is 11.0. The molecule has 0 radical (unpaired) electrons. The number of hydrogen-bond donors (Lipinski definition) is 2. The lowest BCUT2D eigenvalue weighted by atomic mass is 10.3. The molecule has 0 atom stereocenters. The van der Waals surface area contributed by atoms with Gasteiger partial charge in [0.1, 0.15) is 0 Å². The average molecular weight is 184 g/mol. The minimum Gasteiger partial charge on any atom is -0.488 e. The predicted octanol–water partition coefficient (Wildman–Crippen LogP) is -0.671. The molecule has 1 aromatic rings. The van der Waals surface area contributed by atoms with Crippen LogP contribution in [0.5, 0.6) is 5.75 Å². The van der Waals surface area contributed by atoms with Gasteiger partial charge in [0.05, 0.1) is 12.8 Å². The van der Waals surface area contributed by atoms with Gasteiger partial charge in [-0.3, -0.25) is 4.79 Å². The van der Waals surface area contributed by atoms with Crippen LogP contribution in [-0.2, 0) is 0 Å². The van der Waals surface area contributed by atoms with Crippen molar-refractivity contribution in [2.75, 3.05) is 12.8 Å². The normalized spacial score (nSPS) is 9.62. The second-order valence-corrected chi connectivity index (χ2v) is 2.25. The van der Waals surface area contributed by atoms with E-state index in [1.165, 1.54) is 7.11 Å². The molecule has 13 heavy (non-hydrogen) atoms. The molecule has 0 fully saturated rings. The summed E-state index contributed by atoms with van der Waals surface area (Å²) in [5, 5.41) is 0. The van der Waals surface area contributed by atoms with Gasteiger partial charge in [-0.05, 0) is 0 Å². The van der Waals surface area contributed by atoms with Gasteiger partial charge in [0.25, 0.3) is 5.91 Å². The predicted molar refractivity (Wildman–Crippen MR) is 44.5 cm³/mol. The number of methoxy groups -OCH3 is 1. The smallest absolute Gasteiger partial charge is 0.381 e. The third-order valence-electron chi connectivity index (χ3n) is 1.38. The molecule has 1 rings (SSSR count). The highest BCUT2D eigenvalue weighted by molar-refractivity contribution is 5.90. The molecule has 0 aliphatic heterocycles. The van der Waals surface area contributed by atoms with Crippen LogP contribution in [0.25, 0.3) is 0 Å². The van der Waals surface area contributed by atoms with E-state index in [-0.39, 0.29) is 17.2 Å². The topological polar surface area (TPSA) is 109 Å². The van der Waals surface area contributed by atoms with Gasteiger partial charge in [-0.2, -0.15) is 0 Å². The summed E-state index contributed by atoms with van der Waals surface area (Å²) in [6, 6.07) is 1.14. The maximum Gasteiger partial charge on any atom is 0.381 e. The molecular formula is C7H8N2O4. The molecule has 1 aromatic heterocycles. The molecule has 70 valence electrons. The Morgan fingerprint density at radius 1 is 1.62 bits per heavy atom. The van der Waals surface area contributed by atoms with Gasteiger partial charge in [-0.1, -0.05) is 0 Å². The number of anilines is 1. The first-order valence-electron chi connectivity index (χ1n) is 3.33. The number of primary amides is 1. The zero-order valence-electron chi connectivity index (χ0n) is 6.87. The molecule has 0 saturated carbocycles. The third kappa shape index (κ3) is 1.61. The summed E-state index contributed by atoms with van der Waals surface area (Å²) in [4.78, 5) is 21.6. The summed E-state index contributed by atoms with van der Waals surface area (Å²) >= 11 is 0. The second-order valence-electron chi connectivity index (χ2n) is 2.25. The van der Waals surface area contributed by atoms with Gasteiger partial charge in [-0.25, -0.2) is 4.79 Å². The van der Waals surface area contributed by atoms with Crippen LogP contribution in [0.4, 0.5) is 5.69 Å². The summed E-state index contributed by atoms with van der Waals surface area (Å²) in [7, 11) is 1.27. The Balaban J connectivity index is 3.37. The van der Waals surface area contributed by atoms with Crippen LogP contribution in [-0.4, -0.2) is 13.0 Å². The standard InChI is InChI=1S/C7H8N2O4/c1-12-5-3(8)2-4(6(9)10)13-7(5)11/h2H,8H2,1H3,(H2,9,10). The van der Waals surface area contributed by atoms with Crippen molar-refractivity contribution in [2.45, 2.75) is 0 Å². The number of rotatable bonds is 2. The summed E-state index contributed by atoms with van der Waals surface area (Å²) in [6.45, 7) is 0. The molecule has 1 heterocycles. The van der Waals surface area contributed by atoms with E-state index in [1.807, 2.05) is 0 Å². The Hall–Kier alpha value is -1.98. The van der Waals surface area contributed by atoms with Gasteiger partial charge in [0.2, 0.25) is 5.75 Å². The third-order valence-corrected chi connectivity index (χ3v) is 1.38. The molecule has 0 bridgehead atoms. The number of amides is 1. The molecule has 0 spiro atoms. The highest BCUT2D eigenvalue weighted by Gasteiger charge is 2.12. The quantitative estimate of drug-likeness (QED) is 0.633. The Bertz CT molecular complexity index is 396. The zero-order valence-corrected chi connectivity index (χ0v) is 6.87. The molecule has 0 unspecified atom stereocenters. The Kier molecular flexibility index (Phi) is 2.23. The number of hydrogen-bond acceptors (Lipinski definition) is 5. The fourth-order valence-electron chi connectivity index (χ4n) is 0.823. The van der Waals surface area contributed by atoms with E-state index in [9.17, 15) is 9.59 Å². The maximum atomic E-state index is 11.0. The minimum absolute atomic E-state index is 0.0209. The minimum atomic E-state index is -0.855. The average Bonchev–Trinajstić information content (AvgIpc) is 2.03. The van der Waals surface area contributed by atoms with E-state index in [0.717, 1.165) is 6.07 Å². The van der Waals surface area contributed by atoms with Crippen molar-refractivity contribution in [3.63, 3.8) is 0 Å². The summed E-state index contributed by atoms with van der Waals surface area (Å²) in [6.07, 6.45) is 0. The number of nitrogen functional groups attached to an aromatic ring is 1. The molecule has 6 nitrogen and oxygen atoms in total. The lowest BCUT2D eigenvalue weighted by molar-refractivity contribution is 0.0969. The van der Waals surface area contributed by atoms with Gasteiger partial charge in [0.15, 0.2) is 5.76 Å². The molecule has 0 aliphatic carbocycles. The second kappa shape index (κ2) is 3.18. The summed E-state index contributed by atoms with van der Waals surface area (Å²) in [5.74, 6) is -1.28. The summed E-state index contributed by atoms with van der Waals surface area (Å²) in [5.41, 5.74) is 9.45. The van der Waals surface area contributed by atoms with Gasteiger partial charge in [-0.15, -0.1) is 0 Å². The number of carbonyl (C=O) groups excluding carboxylic acids is 1. The zero-order chi connectivity index (χ0) is 10.0. The van der Waals surface area contributed by atoms with Crippen LogP contribution in [0.3, 0.4) is 0 Å².